The molecule has 4 nitrogen and oxygen atoms in total. The zero-order valence-corrected chi connectivity index (χ0v) is 9.02. The van der Waals surface area contributed by atoms with Crippen LogP contribution in [0, 0.1) is 5.82 Å². The summed E-state index contributed by atoms with van der Waals surface area (Å²) in [7, 11) is 1.82. The van der Waals surface area contributed by atoms with Gasteiger partial charge in [-0.25, -0.2) is 4.39 Å². The highest BCUT2D eigenvalue weighted by molar-refractivity contribution is 5.24. The number of aromatic nitrogens is 3. The average molecular weight is 220 g/mol. The van der Waals surface area contributed by atoms with Crippen molar-refractivity contribution in [1.29, 1.82) is 0 Å². The van der Waals surface area contributed by atoms with Crippen LogP contribution < -0.4 is 5.73 Å². The van der Waals surface area contributed by atoms with E-state index in [-0.39, 0.29) is 5.82 Å². The lowest BCUT2D eigenvalue weighted by Crippen LogP contribution is -2.05. The summed E-state index contributed by atoms with van der Waals surface area (Å²) in [5.41, 5.74) is 8.33. The molecule has 0 aliphatic rings. The van der Waals surface area contributed by atoms with Crippen molar-refractivity contribution in [2.24, 2.45) is 12.8 Å². The first-order valence-corrected chi connectivity index (χ1v) is 5.02. The normalized spacial score (nSPS) is 10.7. The molecule has 2 N–H and O–H groups in total. The second kappa shape index (κ2) is 4.40. The first kappa shape index (κ1) is 10.8. The van der Waals surface area contributed by atoms with Crippen molar-refractivity contribution in [2.75, 3.05) is 0 Å². The van der Waals surface area contributed by atoms with Crippen LogP contribution in [0.15, 0.2) is 24.3 Å². The number of benzene rings is 1. The lowest BCUT2D eigenvalue weighted by Gasteiger charge is -2.03. The quantitative estimate of drug-likeness (QED) is 0.839. The second-order valence-corrected chi connectivity index (χ2v) is 3.61. The molecule has 16 heavy (non-hydrogen) atoms. The highest BCUT2D eigenvalue weighted by Crippen LogP contribution is 2.12. The molecule has 2 rings (SSSR count). The van der Waals surface area contributed by atoms with Crippen molar-refractivity contribution in [2.45, 2.75) is 13.0 Å². The van der Waals surface area contributed by atoms with E-state index in [1.54, 1.807) is 16.8 Å². The van der Waals surface area contributed by atoms with E-state index in [2.05, 4.69) is 10.3 Å². The van der Waals surface area contributed by atoms with Crippen LogP contribution in [-0.2, 0) is 20.0 Å². The highest BCUT2D eigenvalue weighted by atomic mass is 19.1. The van der Waals surface area contributed by atoms with Gasteiger partial charge in [0.15, 0.2) is 0 Å². The minimum absolute atomic E-state index is 0.231. The van der Waals surface area contributed by atoms with Crippen molar-refractivity contribution in [3.63, 3.8) is 0 Å². The van der Waals surface area contributed by atoms with Crippen molar-refractivity contribution in [3.05, 3.63) is 47.0 Å². The number of hydrogen-bond donors (Lipinski definition) is 1. The molecule has 1 heterocycles. The van der Waals surface area contributed by atoms with E-state index in [4.69, 9.17) is 5.73 Å². The highest BCUT2D eigenvalue weighted by Gasteiger charge is 2.09. The molecule has 0 fully saturated rings. The van der Waals surface area contributed by atoms with Gasteiger partial charge in [-0.2, -0.15) is 0 Å². The molecule has 0 bridgehead atoms. The topological polar surface area (TPSA) is 56.7 Å². The summed E-state index contributed by atoms with van der Waals surface area (Å²) in [6, 6.07) is 6.40. The fourth-order valence-electron chi connectivity index (χ4n) is 1.59. The SMILES string of the molecule is Cn1nnc(CN)c1Cc1ccc(F)cc1. The van der Waals surface area contributed by atoms with Gasteiger partial charge < -0.3 is 5.73 Å². The van der Waals surface area contributed by atoms with Gasteiger partial charge in [0.2, 0.25) is 0 Å². The molecule has 0 saturated carbocycles. The Bertz CT molecular complexity index is 475. The van der Waals surface area contributed by atoms with E-state index in [1.165, 1.54) is 12.1 Å². The van der Waals surface area contributed by atoms with Crippen molar-refractivity contribution in [1.82, 2.24) is 15.0 Å². The van der Waals surface area contributed by atoms with Gasteiger partial charge >= 0.3 is 0 Å². The van der Waals surface area contributed by atoms with Crippen LogP contribution in [0.2, 0.25) is 0 Å². The Balaban J connectivity index is 2.26. The van der Waals surface area contributed by atoms with E-state index in [0.717, 1.165) is 17.0 Å². The van der Waals surface area contributed by atoms with Crippen molar-refractivity contribution < 1.29 is 4.39 Å². The molecule has 1 aromatic carbocycles. The predicted molar refractivity (Wildman–Crippen MR) is 58.1 cm³/mol. The standard InChI is InChI=1S/C11H13FN4/c1-16-11(10(7-13)14-15-16)6-8-2-4-9(12)5-3-8/h2-5H,6-7,13H2,1H3. The van der Waals surface area contributed by atoms with Gasteiger partial charge in [-0.05, 0) is 17.7 Å². The minimum Gasteiger partial charge on any atom is -0.325 e. The lowest BCUT2D eigenvalue weighted by molar-refractivity contribution is 0.627. The van der Waals surface area contributed by atoms with Gasteiger partial charge in [-0.1, -0.05) is 17.3 Å². The molecule has 0 aliphatic heterocycles. The van der Waals surface area contributed by atoms with Crippen LogP contribution in [0.1, 0.15) is 17.0 Å². The van der Waals surface area contributed by atoms with Crippen LogP contribution in [0.3, 0.4) is 0 Å². The Morgan fingerprint density at radius 3 is 2.62 bits per heavy atom. The zero-order chi connectivity index (χ0) is 11.5. The Labute approximate surface area is 92.9 Å². The molecule has 0 atom stereocenters. The zero-order valence-electron chi connectivity index (χ0n) is 9.02. The molecule has 0 unspecified atom stereocenters. The molecule has 0 aliphatic carbocycles. The molecular formula is C11H13FN4. The van der Waals surface area contributed by atoms with E-state index >= 15 is 0 Å². The molecule has 2 aromatic rings. The smallest absolute Gasteiger partial charge is 0.123 e. The summed E-state index contributed by atoms with van der Waals surface area (Å²) in [5, 5.41) is 7.88. The van der Waals surface area contributed by atoms with Gasteiger partial charge in [0, 0.05) is 20.0 Å². The lowest BCUT2D eigenvalue weighted by atomic mass is 10.1. The molecule has 0 amide bonds. The summed E-state index contributed by atoms with van der Waals surface area (Å²) in [4.78, 5) is 0. The molecule has 5 heteroatoms. The summed E-state index contributed by atoms with van der Waals surface area (Å²) in [5.74, 6) is -0.231. The Kier molecular flexibility index (Phi) is 2.96. The summed E-state index contributed by atoms with van der Waals surface area (Å²) in [6.07, 6.45) is 0.663. The first-order chi connectivity index (χ1) is 7.70. The fourth-order valence-corrected chi connectivity index (χ4v) is 1.59. The van der Waals surface area contributed by atoms with E-state index in [0.29, 0.717) is 13.0 Å². The van der Waals surface area contributed by atoms with Gasteiger partial charge in [-0.15, -0.1) is 5.10 Å². The first-order valence-electron chi connectivity index (χ1n) is 5.02. The number of halogens is 1. The molecule has 1 aromatic heterocycles. The summed E-state index contributed by atoms with van der Waals surface area (Å²) < 4.78 is 14.4. The average Bonchev–Trinajstić information content (AvgIpc) is 2.63. The van der Waals surface area contributed by atoms with Crippen molar-refractivity contribution >= 4 is 0 Å². The third-order valence-corrected chi connectivity index (χ3v) is 2.50. The Morgan fingerprint density at radius 2 is 2.00 bits per heavy atom. The summed E-state index contributed by atoms with van der Waals surface area (Å²) in [6.45, 7) is 0.365. The molecule has 0 saturated heterocycles. The fraction of sp³-hybridized carbons (Fsp3) is 0.273. The number of nitrogens with two attached hydrogens (primary N) is 1. The molecule has 0 radical (unpaired) electrons. The van der Waals surface area contributed by atoms with Crippen LogP contribution in [-0.4, -0.2) is 15.0 Å². The van der Waals surface area contributed by atoms with Gasteiger partial charge in [0.1, 0.15) is 5.82 Å². The number of aryl methyl sites for hydroxylation is 1. The van der Waals surface area contributed by atoms with Crippen LogP contribution >= 0.6 is 0 Å². The van der Waals surface area contributed by atoms with E-state index < -0.39 is 0 Å². The Hall–Kier alpha value is -1.75. The molecule has 84 valence electrons. The van der Waals surface area contributed by atoms with E-state index in [1.807, 2.05) is 7.05 Å². The van der Waals surface area contributed by atoms with Crippen molar-refractivity contribution in [3.8, 4) is 0 Å². The van der Waals surface area contributed by atoms with Gasteiger partial charge in [0.25, 0.3) is 0 Å². The van der Waals surface area contributed by atoms with Crippen LogP contribution in [0.5, 0.6) is 0 Å². The number of hydrogen-bond acceptors (Lipinski definition) is 3. The van der Waals surface area contributed by atoms with Crippen LogP contribution in [0.25, 0.3) is 0 Å². The molecular weight excluding hydrogens is 207 g/mol. The maximum absolute atomic E-state index is 12.7. The number of nitrogens with zero attached hydrogens (tertiary/aromatic N) is 3. The monoisotopic (exact) mass is 220 g/mol. The third kappa shape index (κ3) is 2.09. The second-order valence-electron chi connectivity index (χ2n) is 3.61. The van der Waals surface area contributed by atoms with Gasteiger partial charge in [-0.3, -0.25) is 4.68 Å². The van der Waals surface area contributed by atoms with Gasteiger partial charge in [0.05, 0.1) is 11.4 Å². The molecule has 0 spiro atoms. The minimum atomic E-state index is -0.231. The van der Waals surface area contributed by atoms with Crippen LogP contribution in [0.4, 0.5) is 4.39 Å². The largest absolute Gasteiger partial charge is 0.325 e. The maximum Gasteiger partial charge on any atom is 0.123 e. The van der Waals surface area contributed by atoms with E-state index in [9.17, 15) is 4.39 Å². The Morgan fingerprint density at radius 1 is 1.31 bits per heavy atom. The number of rotatable bonds is 3. The summed E-state index contributed by atoms with van der Waals surface area (Å²) >= 11 is 0. The maximum atomic E-state index is 12.7. The predicted octanol–water partition coefficient (Wildman–Crippen LogP) is 1.00. The third-order valence-electron chi connectivity index (χ3n) is 2.50.